The summed E-state index contributed by atoms with van der Waals surface area (Å²) >= 11 is 0. The zero-order valence-corrected chi connectivity index (χ0v) is 11.3. The van der Waals surface area contributed by atoms with Crippen LogP contribution in [0.5, 0.6) is 0 Å². The first-order chi connectivity index (χ1) is 7.89. The Bertz CT molecular complexity index is 360. The Morgan fingerprint density at radius 2 is 2.00 bits per heavy atom. The molecule has 0 unspecified atom stereocenters. The van der Waals surface area contributed by atoms with E-state index in [1.807, 2.05) is 0 Å². The fourth-order valence-corrected chi connectivity index (χ4v) is 3.35. The highest BCUT2D eigenvalue weighted by atomic mass is 32.2. The van der Waals surface area contributed by atoms with Gasteiger partial charge in [-0.25, -0.2) is 0 Å². The summed E-state index contributed by atoms with van der Waals surface area (Å²) in [4.78, 5) is 2.27. The Labute approximate surface area is 103 Å². The van der Waals surface area contributed by atoms with Crippen LogP contribution in [0.1, 0.15) is 25.7 Å². The maximum atomic E-state index is 11.2. The molecule has 0 aromatic heterocycles. The van der Waals surface area contributed by atoms with Crippen molar-refractivity contribution in [1.29, 1.82) is 0 Å². The first kappa shape index (κ1) is 13.3. The highest BCUT2D eigenvalue weighted by Gasteiger charge is 2.40. The molecule has 0 bridgehead atoms. The van der Waals surface area contributed by atoms with Crippen molar-refractivity contribution in [2.45, 2.75) is 37.4 Å². The van der Waals surface area contributed by atoms with Crippen molar-refractivity contribution in [3.8, 4) is 0 Å². The third kappa shape index (κ3) is 3.64. The third-order valence-corrected chi connectivity index (χ3v) is 4.28. The van der Waals surface area contributed by atoms with Gasteiger partial charge in [-0.05, 0) is 26.3 Å². The van der Waals surface area contributed by atoms with E-state index in [2.05, 4.69) is 11.9 Å². The molecule has 0 N–H and O–H groups in total. The molecule has 2 fully saturated rings. The van der Waals surface area contributed by atoms with Gasteiger partial charge in [0, 0.05) is 26.1 Å². The van der Waals surface area contributed by atoms with Crippen LogP contribution in [0.3, 0.4) is 0 Å². The number of hydrogen-bond donors (Lipinski definition) is 0. The minimum Gasteiger partial charge on any atom is -0.375 e. The van der Waals surface area contributed by atoms with Gasteiger partial charge in [-0.3, -0.25) is 4.18 Å². The van der Waals surface area contributed by atoms with Crippen LogP contribution in [0.25, 0.3) is 0 Å². The summed E-state index contributed by atoms with van der Waals surface area (Å²) in [5, 5.41) is 0. The van der Waals surface area contributed by atoms with E-state index in [0.29, 0.717) is 19.4 Å². The molecule has 5 nitrogen and oxygen atoms in total. The van der Waals surface area contributed by atoms with Gasteiger partial charge in [-0.1, -0.05) is 0 Å². The SMILES string of the molecule is CN1CCC2(CC1)C[C@H](OS(C)(=O)=O)CCO2. The van der Waals surface area contributed by atoms with Gasteiger partial charge in [0.1, 0.15) is 0 Å². The molecular weight excluding hydrogens is 242 g/mol. The van der Waals surface area contributed by atoms with Gasteiger partial charge in [-0.15, -0.1) is 0 Å². The molecule has 1 spiro atoms. The van der Waals surface area contributed by atoms with Gasteiger partial charge < -0.3 is 9.64 Å². The number of likely N-dealkylation sites (tertiary alicyclic amines) is 1. The van der Waals surface area contributed by atoms with Gasteiger partial charge in [0.15, 0.2) is 0 Å². The summed E-state index contributed by atoms with van der Waals surface area (Å²) in [6.07, 6.45) is 4.21. The number of nitrogens with zero attached hydrogens (tertiary/aromatic N) is 1. The highest BCUT2D eigenvalue weighted by Crippen LogP contribution is 2.36. The van der Waals surface area contributed by atoms with E-state index >= 15 is 0 Å². The van der Waals surface area contributed by atoms with Gasteiger partial charge in [0.05, 0.1) is 18.0 Å². The van der Waals surface area contributed by atoms with Crippen LogP contribution < -0.4 is 0 Å². The third-order valence-electron chi connectivity index (χ3n) is 3.66. The molecule has 1 atom stereocenters. The lowest BCUT2D eigenvalue weighted by molar-refractivity contribution is -0.135. The van der Waals surface area contributed by atoms with Gasteiger partial charge in [-0.2, -0.15) is 8.42 Å². The molecular formula is C11H21NO4S. The first-order valence-corrected chi connectivity index (χ1v) is 7.91. The molecule has 0 aliphatic carbocycles. The minimum absolute atomic E-state index is 0.153. The lowest BCUT2D eigenvalue weighted by atomic mass is 9.83. The van der Waals surface area contributed by atoms with Crippen LogP contribution in [0.15, 0.2) is 0 Å². The lowest BCUT2D eigenvalue weighted by Gasteiger charge is -2.45. The first-order valence-electron chi connectivity index (χ1n) is 6.09. The summed E-state index contributed by atoms with van der Waals surface area (Å²) in [5.41, 5.74) is -0.153. The summed E-state index contributed by atoms with van der Waals surface area (Å²) in [6, 6.07) is 0. The minimum atomic E-state index is -3.36. The van der Waals surface area contributed by atoms with Gasteiger partial charge >= 0.3 is 0 Å². The highest BCUT2D eigenvalue weighted by molar-refractivity contribution is 7.86. The summed E-state index contributed by atoms with van der Waals surface area (Å²) in [7, 11) is -1.26. The van der Waals surface area contributed by atoms with E-state index in [-0.39, 0.29) is 11.7 Å². The molecule has 0 aromatic rings. The van der Waals surface area contributed by atoms with Crippen molar-refractivity contribution in [2.24, 2.45) is 0 Å². The van der Waals surface area contributed by atoms with Gasteiger partial charge in [0.2, 0.25) is 0 Å². The van der Waals surface area contributed by atoms with Crippen molar-refractivity contribution in [1.82, 2.24) is 4.90 Å². The molecule has 0 aromatic carbocycles. The Morgan fingerprint density at radius 1 is 1.35 bits per heavy atom. The Hall–Kier alpha value is -0.170. The molecule has 17 heavy (non-hydrogen) atoms. The van der Waals surface area contributed by atoms with E-state index < -0.39 is 10.1 Å². The Balaban J connectivity index is 1.97. The maximum Gasteiger partial charge on any atom is 0.264 e. The molecule has 0 saturated carbocycles. The summed E-state index contributed by atoms with van der Waals surface area (Å²) in [5.74, 6) is 0. The summed E-state index contributed by atoms with van der Waals surface area (Å²) in [6.45, 7) is 2.61. The van der Waals surface area contributed by atoms with Crippen molar-refractivity contribution in [3.05, 3.63) is 0 Å². The van der Waals surface area contributed by atoms with Crippen LogP contribution in [0.4, 0.5) is 0 Å². The number of rotatable bonds is 2. The number of ether oxygens (including phenoxy) is 1. The monoisotopic (exact) mass is 263 g/mol. The van der Waals surface area contributed by atoms with Crippen molar-refractivity contribution >= 4 is 10.1 Å². The van der Waals surface area contributed by atoms with Crippen molar-refractivity contribution in [2.75, 3.05) is 33.0 Å². The molecule has 6 heteroatoms. The average molecular weight is 263 g/mol. The van der Waals surface area contributed by atoms with Crippen LogP contribution in [-0.2, 0) is 19.0 Å². The molecule has 2 aliphatic rings. The Morgan fingerprint density at radius 3 is 2.59 bits per heavy atom. The normalized spacial score (nSPS) is 30.6. The molecule has 2 heterocycles. The van der Waals surface area contributed by atoms with Crippen LogP contribution in [0, 0.1) is 0 Å². The fourth-order valence-electron chi connectivity index (χ4n) is 2.69. The topological polar surface area (TPSA) is 55.8 Å². The predicted molar refractivity (Wildman–Crippen MR) is 64.4 cm³/mol. The van der Waals surface area contributed by atoms with E-state index in [1.54, 1.807) is 0 Å². The quantitative estimate of drug-likeness (QED) is 0.683. The molecule has 0 amide bonds. The maximum absolute atomic E-state index is 11.2. The number of piperidine rings is 1. The fraction of sp³-hybridized carbons (Fsp3) is 1.00. The Kier molecular flexibility index (Phi) is 3.77. The van der Waals surface area contributed by atoms with E-state index in [1.165, 1.54) is 0 Å². The lowest BCUT2D eigenvalue weighted by Crippen LogP contribution is -2.50. The van der Waals surface area contributed by atoms with Crippen LogP contribution in [-0.4, -0.2) is 58.0 Å². The summed E-state index contributed by atoms with van der Waals surface area (Å²) < 4.78 is 33.3. The molecule has 100 valence electrons. The van der Waals surface area contributed by atoms with Gasteiger partial charge in [0.25, 0.3) is 10.1 Å². The van der Waals surface area contributed by atoms with E-state index in [0.717, 1.165) is 32.2 Å². The van der Waals surface area contributed by atoms with E-state index in [9.17, 15) is 8.42 Å². The number of hydrogen-bond acceptors (Lipinski definition) is 5. The predicted octanol–water partition coefficient (Wildman–Crippen LogP) is 0.606. The second kappa shape index (κ2) is 4.84. The standard InChI is InChI=1S/C11H21NO4S/c1-12-6-4-11(5-7-12)9-10(3-8-15-11)16-17(2,13)14/h10H,3-9H2,1-2H3/t10-/m1/s1. The smallest absolute Gasteiger partial charge is 0.264 e. The zero-order valence-electron chi connectivity index (χ0n) is 10.5. The molecule has 2 saturated heterocycles. The van der Waals surface area contributed by atoms with Crippen LogP contribution >= 0.6 is 0 Å². The van der Waals surface area contributed by atoms with Crippen molar-refractivity contribution < 1.29 is 17.3 Å². The second-order valence-electron chi connectivity index (χ2n) is 5.25. The molecule has 2 aliphatic heterocycles. The van der Waals surface area contributed by atoms with Crippen LogP contribution in [0.2, 0.25) is 0 Å². The molecule has 2 rings (SSSR count). The van der Waals surface area contributed by atoms with Crippen molar-refractivity contribution in [3.63, 3.8) is 0 Å². The van der Waals surface area contributed by atoms with E-state index in [4.69, 9.17) is 8.92 Å². The second-order valence-corrected chi connectivity index (χ2v) is 6.85. The molecule has 0 radical (unpaired) electrons. The average Bonchev–Trinajstić information content (AvgIpc) is 2.21. The zero-order chi connectivity index (χ0) is 12.5. The largest absolute Gasteiger partial charge is 0.375 e.